The van der Waals surface area contributed by atoms with Crippen LogP contribution in [0.4, 0.5) is 13.2 Å². The number of benzene rings is 2. The average molecular weight is 482 g/mol. The number of esters is 1. The van der Waals surface area contributed by atoms with Crippen molar-refractivity contribution in [2.24, 2.45) is 17.8 Å². The molecular weight excluding hydrogens is 451 g/mol. The maximum atomic E-state index is 15.0. The number of rotatable bonds is 6. The molecule has 0 heterocycles. The van der Waals surface area contributed by atoms with Crippen LogP contribution in [-0.2, 0) is 0 Å². The quantitative estimate of drug-likeness (QED) is 0.240. The fourth-order valence-electron chi connectivity index (χ4n) is 5.90. The maximum absolute atomic E-state index is 15.0. The van der Waals surface area contributed by atoms with Gasteiger partial charge in [0.15, 0.2) is 0 Å². The molecule has 6 heteroatoms. The van der Waals surface area contributed by atoms with Crippen molar-refractivity contribution in [3.63, 3.8) is 0 Å². The van der Waals surface area contributed by atoms with E-state index < -0.39 is 29.0 Å². The van der Waals surface area contributed by atoms with Crippen molar-refractivity contribution in [2.45, 2.75) is 64.2 Å². The van der Waals surface area contributed by atoms with Gasteiger partial charge in [0.1, 0.15) is 34.8 Å². The van der Waals surface area contributed by atoms with Crippen molar-refractivity contribution < 1.29 is 22.7 Å². The molecule has 2 aliphatic rings. The number of nitriles is 1. The van der Waals surface area contributed by atoms with Crippen LogP contribution in [0, 0.1) is 46.5 Å². The topological polar surface area (TPSA) is 50.1 Å². The molecule has 2 aromatic carbocycles. The van der Waals surface area contributed by atoms with Gasteiger partial charge < -0.3 is 4.74 Å². The fourth-order valence-corrected chi connectivity index (χ4v) is 5.90. The zero-order chi connectivity index (χ0) is 24.9. The predicted molar refractivity (Wildman–Crippen MR) is 127 cm³/mol. The van der Waals surface area contributed by atoms with E-state index >= 15 is 4.39 Å². The van der Waals surface area contributed by atoms with Crippen molar-refractivity contribution in [3.8, 4) is 11.8 Å². The van der Waals surface area contributed by atoms with Crippen molar-refractivity contribution >= 4 is 5.97 Å². The van der Waals surface area contributed by atoms with E-state index in [4.69, 9.17) is 10.00 Å². The molecule has 4 unspecified atom stereocenters. The summed E-state index contributed by atoms with van der Waals surface area (Å²) in [4.78, 5) is 12.4. The minimum atomic E-state index is -1.13. The molecule has 184 valence electrons. The lowest BCUT2D eigenvalue weighted by Crippen LogP contribution is -2.30. The minimum absolute atomic E-state index is 0.0354. The Balaban J connectivity index is 1.38. The van der Waals surface area contributed by atoms with Crippen LogP contribution in [-0.4, -0.2) is 5.97 Å². The third kappa shape index (κ3) is 5.78. The van der Waals surface area contributed by atoms with Gasteiger partial charge in [0.25, 0.3) is 0 Å². The Morgan fingerprint density at radius 3 is 2.43 bits per heavy atom. The van der Waals surface area contributed by atoms with Crippen molar-refractivity contribution in [2.75, 3.05) is 0 Å². The summed E-state index contributed by atoms with van der Waals surface area (Å²) in [7, 11) is 0. The normalized spacial score (nSPS) is 24.1. The summed E-state index contributed by atoms with van der Waals surface area (Å²) in [6, 6.07) is 7.21. The fraction of sp³-hybridized carbons (Fsp3) is 0.448. The molecule has 0 amide bonds. The van der Waals surface area contributed by atoms with Gasteiger partial charge in [-0.15, -0.1) is 0 Å². The number of carbonyl (C=O) groups excluding carboxylic acids is 1. The van der Waals surface area contributed by atoms with Crippen molar-refractivity contribution in [3.05, 3.63) is 76.6 Å². The zero-order valence-electron chi connectivity index (χ0n) is 19.9. The summed E-state index contributed by atoms with van der Waals surface area (Å²) >= 11 is 0. The molecule has 0 saturated heterocycles. The molecule has 0 aromatic heterocycles. The molecule has 0 aliphatic heterocycles. The maximum Gasteiger partial charge on any atom is 0.343 e. The zero-order valence-corrected chi connectivity index (χ0v) is 19.9. The van der Waals surface area contributed by atoms with Gasteiger partial charge in [-0.1, -0.05) is 24.6 Å². The van der Waals surface area contributed by atoms with Gasteiger partial charge in [-0.3, -0.25) is 0 Å². The van der Waals surface area contributed by atoms with E-state index in [0.29, 0.717) is 11.5 Å². The third-order valence-corrected chi connectivity index (χ3v) is 7.71. The van der Waals surface area contributed by atoms with E-state index in [2.05, 4.69) is 19.1 Å². The molecule has 2 saturated carbocycles. The van der Waals surface area contributed by atoms with Gasteiger partial charge in [0.05, 0.1) is 5.56 Å². The van der Waals surface area contributed by atoms with Crippen molar-refractivity contribution in [1.29, 1.82) is 5.26 Å². The number of nitrogens with zero attached hydrogens (tertiary/aromatic N) is 1. The summed E-state index contributed by atoms with van der Waals surface area (Å²) in [6.07, 6.45) is 13.5. The van der Waals surface area contributed by atoms with E-state index in [0.717, 1.165) is 55.7 Å². The summed E-state index contributed by atoms with van der Waals surface area (Å²) < 4.78 is 47.6. The molecule has 0 spiro atoms. The highest BCUT2D eigenvalue weighted by atomic mass is 19.1. The van der Waals surface area contributed by atoms with E-state index in [-0.39, 0.29) is 17.2 Å². The van der Waals surface area contributed by atoms with E-state index in [1.807, 2.05) is 0 Å². The van der Waals surface area contributed by atoms with Crippen LogP contribution in [0.3, 0.4) is 0 Å². The molecule has 2 aromatic rings. The molecule has 3 nitrogen and oxygen atoms in total. The average Bonchev–Trinajstić information content (AvgIpc) is 2.83. The Morgan fingerprint density at radius 2 is 1.74 bits per heavy atom. The standard InChI is InChI=1S/C29H30F3NO2/c1-2-3-4-5-18-6-7-20-13-21(9-8-19(20)12-18)24-11-10-22(14-26(24)30)29(34)35-23-15-27(31)25(17-33)28(32)16-23/h2-3,10-11,14-16,18-21H,4-9,12-13H2,1H3/b3-2+. The van der Waals surface area contributed by atoms with Gasteiger partial charge in [-0.2, -0.15) is 5.26 Å². The molecule has 4 atom stereocenters. The molecule has 0 bridgehead atoms. The smallest absolute Gasteiger partial charge is 0.343 e. The monoisotopic (exact) mass is 481 g/mol. The van der Waals surface area contributed by atoms with Gasteiger partial charge in [-0.05, 0) is 93.2 Å². The number of ether oxygens (including phenoxy) is 1. The van der Waals surface area contributed by atoms with E-state index in [1.165, 1.54) is 37.8 Å². The van der Waals surface area contributed by atoms with Crippen molar-refractivity contribution in [1.82, 2.24) is 0 Å². The third-order valence-electron chi connectivity index (χ3n) is 7.71. The lowest BCUT2D eigenvalue weighted by Gasteiger charge is -2.42. The highest BCUT2D eigenvalue weighted by Crippen LogP contribution is 2.48. The lowest BCUT2D eigenvalue weighted by atomic mass is 9.63. The second kappa shape index (κ2) is 11.1. The number of allylic oxidation sites excluding steroid dienone is 2. The molecule has 2 fully saturated rings. The van der Waals surface area contributed by atoms with Gasteiger partial charge in [0, 0.05) is 12.1 Å². The summed E-state index contributed by atoms with van der Waals surface area (Å²) in [6.45, 7) is 2.06. The highest BCUT2D eigenvalue weighted by Gasteiger charge is 2.36. The number of fused-ring (bicyclic) bond motifs is 1. The molecule has 0 N–H and O–H groups in total. The summed E-state index contributed by atoms with van der Waals surface area (Å²) in [5.41, 5.74) is -0.172. The number of hydrogen-bond donors (Lipinski definition) is 0. The summed E-state index contributed by atoms with van der Waals surface area (Å²) in [5, 5.41) is 8.75. The minimum Gasteiger partial charge on any atom is -0.423 e. The lowest BCUT2D eigenvalue weighted by molar-refractivity contribution is 0.0733. The van der Waals surface area contributed by atoms with Gasteiger partial charge >= 0.3 is 5.97 Å². The first-order valence-electron chi connectivity index (χ1n) is 12.4. The largest absolute Gasteiger partial charge is 0.423 e. The first-order valence-corrected chi connectivity index (χ1v) is 12.4. The Hall–Kier alpha value is -3.07. The SMILES string of the molecule is C/C=C/CCC1CCC2CC(c3ccc(C(=O)Oc4cc(F)c(C#N)c(F)c4)cc3F)CCC2C1. The van der Waals surface area contributed by atoms with Crippen LogP contribution in [0.15, 0.2) is 42.5 Å². The number of hydrogen-bond acceptors (Lipinski definition) is 3. The predicted octanol–water partition coefficient (Wildman–Crippen LogP) is 7.85. The van der Waals surface area contributed by atoms with Gasteiger partial charge in [0.2, 0.25) is 0 Å². The first kappa shape index (κ1) is 25.0. The first-order chi connectivity index (χ1) is 16.9. The van der Waals surface area contributed by atoms with Crippen LogP contribution < -0.4 is 4.74 Å². The second-order valence-corrected chi connectivity index (χ2v) is 9.86. The Morgan fingerprint density at radius 1 is 1.03 bits per heavy atom. The Labute approximate surface area is 204 Å². The van der Waals surface area contributed by atoms with E-state index in [9.17, 15) is 13.6 Å². The van der Waals surface area contributed by atoms with Gasteiger partial charge in [-0.25, -0.2) is 18.0 Å². The molecule has 2 aliphatic carbocycles. The van der Waals surface area contributed by atoms with Crippen LogP contribution in [0.5, 0.6) is 5.75 Å². The van der Waals surface area contributed by atoms with Crippen LogP contribution in [0.25, 0.3) is 0 Å². The van der Waals surface area contributed by atoms with Crippen LogP contribution >= 0.6 is 0 Å². The summed E-state index contributed by atoms with van der Waals surface area (Å²) in [5.74, 6) is -1.74. The number of carbonyl (C=O) groups is 1. The second-order valence-electron chi connectivity index (χ2n) is 9.86. The molecule has 0 radical (unpaired) electrons. The van der Waals surface area contributed by atoms with E-state index in [1.54, 1.807) is 6.07 Å². The number of halogens is 3. The molecule has 4 rings (SSSR count). The van der Waals surface area contributed by atoms with Crippen LogP contribution in [0.1, 0.15) is 85.7 Å². The molecular formula is C29H30F3NO2. The Kier molecular flexibility index (Phi) is 7.95. The Bertz CT molecular complexity index is 1130. The molecule has 35 heavy (non-hydrogen) atoms. The van der Waals surface area contributed by atoms with Crippen LogP contribution in [0.2, 0.25) is 0 Å². The highest BCUT2D eigenvalue weighted by molar-refractivity contribution is 5.91.